The first-order valence-corrected chi connectivity index (χ1v) is 6.13. The molecule has 0 aliphatic carbocycles. The molecule has 2 amide bonds. The second-order valence-corrected chi connectivity index (χ2v) is 5.03. The topological polar surface area (TPSA) is 107 Å². The second kappa shape index (κ2) is 7.60. The van der Waals surface area contributed by atoms with Crippen molar-refractivity contribution >= 4 is 18.0 Å². The lowest BCUT2D eigenvalue weighted by molar-refractivity contribution is -0.145. The van der Waals surface area contributed by atoms with Crippen LogP contribution in [0.15, 0.2) is 0 Å². The standard InChI is InChI=1S/C12H22N2O5/c1-7(2)5-8(3)14(4)12(19)13-9(11(17)18)6-10(15)16/h7-9H,5-6H2,1-4H3,(H,13,19)(H,15,16)(H,17,18)/t8?,9-/m1/s1. The molecule has 0 aromatic rings. The van der Waals surface area contributed by atoms with E-state index in [-0.39, 0.29) is 6.04 Å². The van der Waals surface area contributed by atoms with Crippen molar-refractivity contribution in [3.05, 3.63) is 0 Å². The van der Waals surface area contributed by atoms with Crippen LogP contribution in [0.25, 0.3) is 0 Å². The first-order chi connectivity index (χ1) is 8.65. The molecular weight excluding hydrogens is 252 g/mol. The largest absolute Gasteiger partial charge is 0.481 e. The van der Waals surface area contributed by atoms with Crippen LogP contribution in [0.5, 0.6) is 0 Å². The highest BCUT2D eigenvalue weighted by Gasteiger charge is 2.26. The lowest BCUT2D eigenvalue weighted by Crippen LogP contribution is -2.50. The zero-order valence-electron chi connectivity index (χ0n) is 11.7. The number of nitrogens with zero attached hydrogens (tertiary/aromatic N) is 1. The van der Waals surface area contributed by atoms with Gasteiger partial charge in [0.2, 0.25) is 0 Å². The van der Waals surface area contributed by atoms with Crippen molar-refractivity contribution in [1.29, 1.82) is 0 Å². The van der Waals surface area contributed by atoms with Crippen LogP contribution in [0.3, 0.4) is 0 Å². The van der Waals surface area contributed by atoms with Gasteiger partial charge in [0.05, 0.1) is 6.42 Å². The minimum Gasteiger partial charge on any atom is -0.481 e. The molecule has 0 spiro atoms. The number of rotatable bonds is 7. The maximum atomic E-state index is 11.8. The summed E-state index contributed by atoms with van der Waals surface area (Å²) in [4.78, 5) is 34.6. The molecule has 0 rings (SSSR count). The summed E-state index contributed by atoms with van der Waals surface area (Å²) in [5.41, 5.74) is 0. The van der Waals surface area contributed by atoms with Gasteiger partial charge in [0, 0.05) is 13.1 Å². The van der Waals surface area contributed by atoms with E-state index in [1.165, 1.54) is 4.90 Å². The van der Waals surface area contributed by atoms with Crippen molar-refractivity contribution in [3.63, 3.8) is 0 Å². The van der Waals surface area contributed by atoms with Crippen molar-refractivity contribution in [2.24, 2.45) is 5.92 Å². The zero-order chi connectivity index (χ0) is 15.2. The fourth-order valence-corrected chi connectivity index (χ4v) is 1.67. The predicted octanol–water partition coefficient (Wildman–Crippen LogP) is 0.990. The van der Waals surface area contributed by atoms with E-state index in [2.05, 4.69) is 5.32 Å². The Balaban J connectivity index is 4.54. The van der Waals surface area contributed by atoms with E-state index in [1.54, 1.807) is 7.05 Å². The van der Waals surface area contributed by atoms with Crippen LogP contribution in [0, 0.1) is 5.92 Å². The van der Waals surface area contributed by atoms with Crippen LogP contribution < -0.4 is 5.32 Å². The fraction of sp³-hybridized carbons (Fsp3) is 0.750. The average Bonchev–Trinajstić information content (AvgIpc) is 2.25. The van der Waals surface area contributed by atoms with Crippen molar-refractivity contribution in [2.75, 3.05) is 7.05 Å². The molecule has 0 saturated heterocycles. The number of carbonyl (C=O) groups excluding carboxylic acids is 1. The molecule has 0 aliphatic rings. The van der Waals surface area contributed by atoms with Gasteiger partial charge in [-0.15, -0.1) is 0 Å². The molecule has 7 nitrogen and oxygen atoms in total. The highest BCUT2D eigenvalue weighted by molar-refractivity contribution is 5.86. The van der Waals surface area contributed by atoms with E-state index in [0.717, 1.165) is 6.42 Å². The van der Waals surface area contributed by atoms with Crippen LogP contribution in [-0.2, 0) is 9.59 Å². The van der Waals surface area contributed by atoms with Gasteiger partial charge in [-0.3, -0.25) is 4.79 Å². The van der Waals surface area contributed by atoms with Crippen LogP contribution in [0.1, 0.15) is 33.6 Å². The third kappa shape index (κ3) is 6.64. The van der Waals surface area contributed by atoms with Gasteiger partial charge in [-0.2, -0.15) is 0 Å². The van der Waals surface area contributed by atoms with Gasteiger partial charge in [0.1, 0.15) is 6.04 Å². The highest BCUT2D eigenvalue weighted by atomic mass is 16.4. The van der Waals surface area contributed by atoms with E-state index >= 15 is 0 Å². The van der Waals surface area contributed by atoms with Crippen LogP contribution in [0.2, 0.25) is 0 Å². The molecule has 0 aromatic carbocycles. The molecule has 19 heavy (non-hydrogen) atoms. The Morgan fingerprint density at radius 1 is 1.16 bits per heavy atom. The number of hydrogen-bond donors (Lipinski definition) is 3. The van der Waals surface area contributed by atoms with Gasteiger partial charge in [0.15, 0.2) is 0 Å². The quantitative estimate of drug-likeness (QED) is 0.641. The number of carbonyl (C=O) groups is 3. The van der Waals surface area contributed by atoms with Gasteiger partial charge >= 0.3 is 18.0 Å². The molecule has 0 fully saturated rings. The third-order valence-corrected chi connectivity index (χ3v) is 2.77. The van der Waals surface area contributed by atoms with Crippen molar-refractivity contribution in [3.8, 4) is 0 Å². The van der Waals surface area contributed by atoms with E-state index in [1.807, 2.05) is 20.8 Å². The molecule has 0 aromatic heterocycles. The SMILES string of the molecule is CC(C)CC(C)N(C)C(=O)N[C@H](CC(=O)O)C(=O)O. The lowest BCUT2D eigenvalue weighted by atomic mass is 10.0. The molecule has 7 heteroatoms. The van der Waals surface area contributed by atoms with Gasteiger partial charge < -0.3 is 20.4 Å². The molecule has 0 saturated carbocycles. The van der Waals surface area contributed by atoms with Crippen LogP contribution >= 0.6 is 0 Å². The Morgan fingerprint density at radius 2 is 1.68 bits per heavy atom. The molecule has 2 atom stereocenters. The number of carboxylic acid groups (broad SMARTS) is 2. The summed E-state index contributed by atoms with van der Waals surface area (Å²) in [5, 5.41) is 19.6. The number of nitrogens with one attached hydrogen (secondary N) is 1. The molecule has 3 N–H and O–H groups in total. The summed E-state index contributed by atoms with van der Waals surface area (Å²) in [6.45, 7) is 5.89. The minimum absolute atomic E-state index is 0.0562. The number of carboxylic acids is 2. The van der Waals surface area contributed by atoms with Crippen LogP contribution in [-0.4, -0.2) is 52.2 Å². The number of aliphatic carboxylic acids is 2. The summed E-state index contributed by atoms with van der Waals surface area (Å²) >= 11 is 0. The number of urea groups is 1. The first kappa shape index (κ1) is 17.2. The summed E-state index contributed by atoms with van der Waals surface area (Å²) in [6.07, 6.45) is 0.133. The molecular formula is C12H22N2O5. The third-order valence-electron chi connectivity index (χ3n) is 2.77. The summed E-state index contributed by atoms with van der Waals surface area (Å²) in [5.74, 6) is -2.23. The monoisotopic (exact) mass is 274 g/mol. The van der Waals surface area contributed by atoms with Gasteiger partial charge in [0.25, 0.3) is 0 Å². The Hall–Kier alpha value is -1.79. The minimum atomic E-state index is -1.42. The van der Waals surface area contributed by atoms with E-state index in [0.29, 0.717) is 5.92 Å². The molecule has 0 bridgehead atoms. The van der Waals surface area contributed by atoms with E-state index < -0.39 is 30.4 Å². The average molecular weight is 274 g/mol. The fourth-order valence-electron chi connectivity index (χ4n) is 1.67. The maximum absolute atomic E-state index is 11.8. The first-order valence-electron chi connectivity index (χ1n) is 6.13. The molecule has 0 radical (unpaired) electrons. The lowest BCUT2D eigenvalue weighted by Gasteiger charge is -2.27. The van der Waals surface area contributed by atoms with Crippen molar-refractivity contribution < 1.29 is 24.6 Å². The Labute approximate surface area is 112 Å². The summed E-state index contributed by atoms with van der Waals surface area (Å²) in [6, 6.07) is -2.06. The highest BCUT2D eigenvalue weighted by Crippen LogP contribution is 2.10. The Kier molecular flexibility index (Phi) is 6.89. The normalized spacial score (nSPS) is 13.7. The van der Waals surface area contributed by atoms with Gasteiger partial charge in [-0.1, -0.05) is 13.8 Å². The summed E-state index contributed by atoms with van der Waals surface area (Å²) in [7, 11) is 1.56. The molecule has 0 heterocycles. The molecule has 0 aliphatic heterocycles. The zero-order valence-corrected chi connectivity index (χ0v) is 11.7. The van der Waals surface area contributed by atoms with Crippen molar-refractivity contribution in [2.45, 2.75) is 45.7 Å². The number of amides is 2. The predicted molar refractivity (Wildman–Crippen MR) is 68.9 cm³/mol. The van der Waals surface area contributed by atoms with Gasteiger partial charge in [-0.25, -0.2) is 9.59 Å². The molecule has 110 valence electrons. The van der Waals surface area contributed by atoms with Crippen LogP contribution in [0.4, 0.5) is 4.79 Å². The van der Waals surface area contributed by atoms with Crippen molar-refractivity contribution in [1.82, 2.24) is 10.2 Å². The van der Waals surface area contributed by atoms with Gasteiger partial charge in [-0.05, 0) is 19.3 Å². The Morgan fingerprint density at radius 3 is 2.05 bits per heavy atom. The number of hydrogen-bond acceptors (Lipinski definition) is 3. The van der Waals surface area contributed by atoms with E-state index in [4.69, 9.17) is 10.2 Å². The van der Waals surface area contributed by atoms with E-state index in [9.17, 15) is 14.4 Å². The maximum Gasteiger partial charge on any atom is 0.326 e. The smallest absolute Gasteiger partial charge is 0.326 e. The second-order valence-electron chi connectivity index (χ2n) is 5.03. The molecule has 1 unspecified atom stereocenters. The summed E-state index contributed by atoms with van der Waals surface area (Å²) < 4.78 is 0. The Bertz CT molecular complexity index is 343.